The number of rotatable bonds is 11. The zero-order valence-corrected chi connectivity index (χ0v) is 16.1. The largest absolute Gasteiger partial charge is 0.481 e. The van der Waals surface area contributed by atoms with Crippen molar-refractivity contribution in [3.05, 3.63) is 60.2 Å². The Labute approximate surface area is 166 Å². The smallest absolute Gasteiger partial charge is 0.303 e. The first-order chi connectivity index (χ1) is 13.5. The molecule has 4 unspecified atom stereocenters. The minimum atomic E-state index is -0.807. The molecule has 28 heavy (non-hydrogen) atoms. The highest BCUT2D eigenvalue weighted by atomic mass is 16.4. The second kappa shape index (κ2) is 11.6. The fourth-order valence-corrected chi connectivity index (χ4v) is 3.57. The van der Waals surface area contributed by atoms with E-state index >= 15 is 0 Å². The summed E-state index contributed by atoms with van der Waals surface area (Å²) in [5.41, 5.74) is 1.16. The van der Waals surface area contributed by atoms with Gasteiger partial charge in [0.25, 0.3) is 0 Å². The Bertz CT molecular complexity index is 679. The van der Waals surface area contributed by atoms with E-state index in [-0.39, 0.29) is 30.5 Å². The van der Waals surface area contributed by atoms with Crippen LogP contribution in [0.3, 0.4) is 0 Å². The van der Waals surface area contributed by atoms with E-state index in [2.05, 4.69) is 0 Å². The van der Waals surface area contributed by atoms with Gasteiger partial charge in [-0.15, -0.1) is 0 Å². The average molecular weight is 386 g/mol. The highest BCUT2D eigenvalue weighted by molar-refractivity contribution is 5.84. The first-order valence-electron chi connectivity index (χ1n) is 9.95. The normalized spacial score (nSPS) is 23.6. The van der Waals surface area contributed by atoms with Crippen molar-refractivity contribution < 1.29 is 24.9 Å². The number of hydrogen-bond donors (Lipinski definition) is 3. The second-order valence-corrected chi connectivity index (χ2v) is 7.39. The molecule has 0 heterocycles. The van der Waals surface area contributed by atoms with Gasteiger partial charge in [-0.1, -0.05) is 54.6 Å². The third-order valence-corrected chi connectivity index (χ3v) is 5.18. The van der Waals surface area contributed by atoms with E-state index in [1.807, 2.05) is 42.5 Å². The summed E-state index contributed by atoms with van der Waals surface area (Å²) >= 11 is 0. The Kier molecular flexibility index (Phi) is 9.11. The van der Waals surface area contributed by atoms with Crippen molar-refractivity contribution in [3.63, 3.8) is 0 Å². The van der Waals surface area contributed by atoms with Crippen LogP contribution in [-0.2, 0) is 16.0 Å². The minimum absolute atomic E-state index is 0.0381. The Balaban J connectivity index is 1.82. The van der Waals surface area contributed by atoms with Crippen molar-refractivity contribution in [2.45, 2.75) is 57.2 Å². The van der Waals surface area contributed by atoms with Crippen LogP contribution < -0.4 is 0 Å². The first-order valence-corrected chi connectivity index (χ1v) is 9.95. The number of Topliss-reactive ketones (excluding diaryl/α,β-unsaturated/α-hetero) is 1. The summed E-state index contributed by atoms with van der Waals surface area (Å²) in [4.78, 5) is 22.7. The average Bonchev–Trinajstić information content (AvgIpc) is 2.94. The number of aryl methyl sites for hydroxylation is 1. The number of carbonyl (C=O) groups is 2. The number of ketones is 1. The van der Waals surface area contributed by atoms with Crippen LogP contribution in [0.5, 0.6) is 0 Å². The summed E-state index contributed by atoms with van der Waals surface area (Å²) < 4.78 is 0. The molecule has 4 atom stereocenters. The Morgan fingerprint density at radius 2 is 1.96 bits per heavy atom. The lowest BCUT2D eigenvalue weighted by Gasteiger charge is -2.16. The van der Waals surface area contributed by atoms with Crippen molar-refractivity contribution in [2.24, 2.45) is 11.8 Å². The van der Waals surface area contributed by atoms with Gasteiger partial charge in [-0.25, -0.2) is 0 Å². The van der Waals surface area contributed by atoms with Crippen molar-refractivity contribution in [1.29, 1.82) is 0 Å². The van der Waals surface area contributed by atoms with Crippen LogP contribution in [0.2, 0.25) is 0 Å². The van der Waals surface area contributed by atoms with Crippen LogP contribution in [-0.4, -0.2) is 39.3 Å². The highest BCUT2D eigenvalue weighted by Crippen LogP contribution is 2.33. The number of carboxylic acids is 1. The van der Waals surface area contributed by atoms with E-state index in [0.29, 0.717) is 25.7 Å². The maximum Gasteiger partial charge on any atom is 0.303 e. The van der Waals surface area contributed by atoms with Crippen LogP contribution in [0.15, 0.2) is 54.6 Å². The molecule has 1 aliphatic rings. The van der Waals surface area contributed by atoms with Crippen molar-refractivity contribution in [1.82, 2.24) is 0 Å². The number of aliphatic hydroxyl groups is 2. The van der Waals surface area contributed by atoms with E-state index in [1.54, 1.807) is 12.2 Å². The molecular formula is C23H30O5. The number of aliphatic hydroxyl groups excluding tert-OH is 2. The van der Waals surface area contributed by atoms with E-state index in [9.17, 15) is 19.8 Å². The topological polar surface area (TPSA) is 94.8 Å². The molecule has 1 aromatic carbocycles. The quantitative estimate of drug-likeness (QED) is 0.401. The lowest BCUT2D eigenvalue weighted by atomic mass is 9.90. The molecule has 5 nitrogen and oxygen atoms in total. The maximum atomic E-state index is 12.2. The standard InChI is InChI=1S/C23H30O5/c24-18(13-12-17-8-4-3-5-9-17)14-15-20-19(21(25)16-22(20)26)10-6-1-2-7-11-23(27)28/h1,3-6,8-9,14-15,18-20,22,24,26H,2,7,10-13,16H2,(H,27,28)/b6-1+,15-14+. The zero-order valence-electron chi connectivity index (χ0n) is 16.1. The molecule has 152 valence electrons. The SMILES string of the molecule is O=C(O)CCC/C=C/CC1C(=O)CC(O)C1/C=C/C(O)CCc1ccccc1. The second-order valence-electron chi connectivity index (χ2n) is 7.39. The number of carboxylic acid groups (broad SMARTS) is 1. The van der Waals surface area contributed by atoms with Gasteiger partial charge in [0.1, 0.15) is 5.78 Å². The number of unbranched alkanes of at least 4 members (excludes halogenated alkanes) is 1. The summed E-state index contributed by atoms with van der Waals surface area (Å²) in [5, 5.41) is 29.0. The minimum Gasteiger partial charge on any atom is -0.481 e. The molecule has 1 aliphatic carbocycles. The van der Waals surface area contributed by atoms with Gasteiger partial charge in [-0.2, -0.15) is 0 Å². The Hall–Kier alpha value is -2.24. The Morgan fingerprint density at radius 3 is 2.68 bits per heavy atom. The summed E-state index contributed by atoms with van der Waals surface area (Å²) in [6.45, 7) is 0. The van der Waals surface area contributed by atoms with Crippen LogP contribution in [0.4, 0.5) is 0 Å². The van der Waals surface area contributed by atoms with E-state index in [4.69, 9.17) is 5.11 Å². The molecule has 0 bridgehead atoms. The van der Waals surface area contributed by atoms with Crippen molar-refractivity contribution in [2.75, 3.05) is 0 Å². The van der Waals surface area contributed by atoms with Gasteiger partial charge in [0.2, 0.25) is 0 Å². The van der Waals surface area contributed by atoms with Gasteiger partial charge in [0, 0.05) is 24.7 Å². The predicted octanol–water partition coefficient (Wildman–Crippen LogP) is 3.30. The number of hydrogen-bond acceptors (Lipinski definition) is 4. The molecule has 0 aliphatic heterocycles. The molecule has 1 saturated carbocycles. The molecule has 0 aromatic heterocycles. The van der Waals surface area contributed by atoms with Gasteiger partial charge in [-0.05, 0) is 37.7 Å². The maximum absolute atomic E-state index is 12.2. The summed E-state index contributed by atoms with van der Waals surface area (Å²) in [7, 11) is 0. The molecule has 2 rings (SSSR count). The highest BCUT2D eigenvalue weighted by Gasteiger charge is 2.39. The monoisotopic (exact) mass is 386 g/mol. The van der Waals surface area contributed by atoms with Gasteiger partial charge < -0.3 is 15.3 Å². The molecule has 0 amide bonds. The molecule has 5 heteroatoms. The van der Waals surface area contributed by atoms with Gasteiger partial charge in [-0.3, -0.25) is 9.59 Å². The predicted molar refractivity (Wildman–Crippen MR) is 108 cm³/mol. The number of carbonyl (C=O) groups excluding carboxylic acids is 1. The number of aliphatic carboxylic acids is 1. The van der Waals surface area contributed by atoms with Crippen molar-refractivity contribution in [3.8, 4) is 0 Å². The summed E-state index contributed by atoms with van der Waals surface area (Å²) in [6, 6.07) is 9.94. The van der Waals surface area contributed by atoms with Gasteiger partial charge in [0.05, 0.1) is 12.2 Å². The molecule has 0 spiro atoms. The van der Waals surface area contributed by atoms with Crippen molar-refractivity contribution >= 4 is 11.8 Å². The van der Waals surface area contributed by atoms with Crippen LogP contribution in [0, 0.1) is 11.8 Å². The molecule has 0 saturated heterocycles. The third-order valence-electron chi connectivity index (χ3n) is 5.18. The fraction of sp³-hybridized carbons (Fsp3) is 0.478. The molecule has 1 fully saturated rings. The Morgan fingerprint density at radius 1 is 1.21 bits per heavy atom. The van der Waals surface area contributed by atoms with Crippen LogP contribution in [0.25, 0.3) is 0 Å². The van der Waals surface area contributed by atoms with E-state index < -0.39 is 18.2 Å². The molecule has 3 N–H and O–H groups in total. The number of benzene rings is 1. The summed E-state index contributed by atoms with van der Waals surface area (Å²) in [6.07, 6.45) is 9.34. The van der Waals surface area contributed by atoms with E-state index in [0.717, 1.165) is 12.0 Å². The molecular weight excluding hydrogens is 356 g/mol. The lowest BCUT2D eigenvalue weighted by Crippen LogP contribution is -2.19. The number of allylic oxidation sites excluding steroid dienone is 2. The first kappa shape index (κ1) is 22.1. The molecule has 1 aromatic rings. The fourth-order valence-electron chi connectivity index (χ4n) is 3.57. The van der Waals surface area contributed by atoms with Crippen LogP contribution >= 0.6 is 0 Å². The van der Waals surface area contributed by atoms with E-state index in [1.165, 1.54) is 0 Å². The molecule has 0 radical (unpaired) electrons. The lowest BCUT2D eigenvalue weighted by molar-refractivity contribution is -0.137. The van der Waals surface area contributed by atoms with Gasteiger partial charge in [0.15, 0.2) is 0 Å². The van der Waals surface area contributed by atoms with Gasteiger partial charge >= 0.3 is 5.97 Å². The third kappa shape index (κ3) is 7.41. The summed E-state index contributed by atoms with van der Waals surface area (Å²) in [5.74, 6) is -1.35. The van der Waals surface area contributed by atoms with Crippen LogP contribution in [0.1, 0.15) is 44.1 Å². The zero-order chi connectivity index (χ0) is 20.4.